The van der Waals surface area contributed by atoms with Crippen molar-refractivity contribution in [3.05, 3.63) is 47.9 Å². The second kappa shape index (κ2) is 6.29. The molecule has 0 spiro atoms. The van der Waals surface area contributed by atoms with E-state index >= 15 is 0 Å². The maximum absolute atomic E-state index is 5.85. The van der Waals surface area contributed by atoms with Crippen molar-refractivity contribution in [2.75, 3.05) is 0 Å². The number of hydrogen-bond donors (Lipinski definition) is 1. The van der Waals surface area contributed by atoms with Gasteiger partial charge >= 0.3 is 0 Å². The molecule has 0 aliphatic heterocycles. The molecule has 0 radical (unpaired) electrons. The van der Waals surface area contributed by atoms with Gasteiger partial charge in [-0.05, 0) is 24.0 Å². The molecule has 0 bridgehead atoms. The van der Waals surface area contributed by atoms with Crippen LogP contribution in [0, 0.1) is 0 Å². The van der Waals surface area contributed by atoms with E-state index in [1.807, 2.05) is 18.2 Å². The van der Waals surface area contributed by atoms with Crippen molar-refractivity contribution in [1.29, 1.82) is 0 Å². The maximum atomic E-state index is 5.85. The monoisotopic (exact) mass is 257 g/mol. The molecule has 4 nitrogen and oxygen atoms in total. The zero-order valence-electron chi connectivity index (χ0n) is 11.3. The van der Waals surface area contributed by atoms with Gasteiger partial charge in [0.2, 0.25) is 5.88 Å². The highest BCUT2D eigenvalue weighted by Crippen LogP contribution is 2.31. The van der Waals surface area contributed by atoms with E-state index in [1.54, 1.807) is 12.4 Å². The Hall–Kier alpha value is -1.94. The molecule has 4 heteroatoms. The van der Waals surface area contributed by atoms with Gasteiger partial charge in [0.05, 0.1) is 11.9 Å². The lowest BCUT2D eigenvalue weighted by atomic mass is 9.98. The number of nitrogens with zero attached hydrogens (tertiary/aromatic N) is 2. The van der Waals surface area contributed by atoms with Gasteiger partial charge in [-0.3, -0.25) is 4.98 Å². The molecule has 0 saturated carbocycles. The van der Waals surface area contributed by atoms with Gasteiger partial charge in [0, 0.05) is 12.7 Å². The van der Waals surface area contributed by atoms with E-state index in [0.29, 0.717) is 18.3 Å². The van der Waals surface area contributed by atoms with Crippen LogP contribution in [0.4, 0.5) is 0 Å². The van der Waals surface area contributed by atoms with E-state index in [0.717, 1.165) is 17.9 Å². The predicted molar refractivity (Wildman–Crippen MR) is 75.1 cm³/mol. The number of para-hydroxylation sites is 1. The molecule has 0 amide bonds. The summed E-state index contributed by atoms with van der Waals surface area (Å²) in [5.41, 5.74) is 7.46. The maximum Gasteiger partial charge on any atom is 0.238 e. The Balaban J connectivity index is 2.27. The third-order valence-corrected chi connectivity index (χ3v) is 3.15. The third-order valence-electron chi connectivity index (χ3n) is 3.15. The molecule has 0 aliphatic carbocycles. The molecule has 2 aromatic rings. The number of hydrogen-bond acceptors (Lipinski definition) is 4. The minimum atomic E-state index is 0.358. The number of ether oxygens (including phenoxy) is 1. The van der Waals surface area contributed by atoms with Crippen LogP contribution in [-0.2, 0) is 6.54 Å². The highest BCUT2D eigenvalue weighted by Gasteiger charge is 2.11. The van der Waals surface area contributed by atoms with Gasteiger partial charge in [-0.25, -0.2) is 4.98 Å². The highest BCUT2D eigenvalue weighted by molar-refractivity contribution is 5.38. The summed E-state index contributed by atoms with van der Waals surface area (Å²) in [6, 6.07) is 8.03. The largest absolute Gasteiger partial charge is 0.437 e. The first-order valence-corrected chi connectivity index (χ1v) is 6.52. The van der Waals surface area contributed by atoms with Crippen molar-refractivity contribution in [3.63, 3.8) is 0 Å². The fourth-order valence-corrected chi connectivity index (χ4v) is 1.85. The van der Waals surface area contributed by atoms with Crippen LogP contribution in [0.2, 0.25) is 0 Å². The van der Waals surface area contributed by atoms with Crippen LogP contribution in [0.5, 0.6) is 11.6 Å². The highest BCUT2D eigenvalue weighted by atomic mass is 16.5. The zero-order valence-corrected chi connectivity index (χ0v) is 11.3. The van der Waals surface area contributed by atoms with E-state index in [2.05, 4.69) is 29.9 Å². The molecule has 0 fully saturated rings. The molecular formula is C15H19N3O. The first-order chi connectivity index (χ1) is 9.24. The second-order valence-electron chi connectivity index (χ2n) is 4.50. The second-order valence-corrected chi connectivity index (χ2v) is 4.50. The predicted octanol–water partition coefficient (Wildman–Crippen LogP) is 3.24. The molecular weight excluding hydrogens is 238 g/mol. The molecule has 2 N–H and O–H groups in total. The SMILES string of the molecule is CCC(C)c1ccccc1Oc1cncc(CN)n1. The quantitative estimate of drug-likeness (QED) is 0.893. The van der Waals surface area contributed by atoms with Gasteiger partial charge in [-0.2, -0.15) is 0 Å². The van der Waals surface area contributed by atoms with Gasteiger partial charge in [0.15, 0.2) is 0 Å². The van der Waals surface area contributed by atoms with Crippen molar-refractivity contribution in [2.24, 2.45) is 5.73 Å². The van der Waals surface area contributed by atoms with Gasteiger partial charge in [0.1, 0.15) is 5.75 Å². The Morgan fingerprint density at radius 3 is 2.79 bits per heavy atom. The van der Waals surface area contributed by atoms with E-state index in [-0.39, 0.29) is 0 Å². The summed E-state index contributed by atoms with van der Waals surface area (Å²) in [6.45, 7) is 4.71. The van der Waals surface area contributed by atoms with Gasteiger partial charge < -0.3 is 10.5 Å². The van der Waals surface area contributed by atoms with E-state index in [1.165, 1.54) is 5.56 Å². The molecule has 19 heavy (non-hydrogen) atoms. The third kappa shape index (κ3) is 3.29. The molecule has 1 atom stereocenters. The van der Waals surface area contributed by atoms with Gasteiger partial charge in [0.25, 0.3) is 0 Å². The molecule has 1 unspecified atom stereocenters. The van der Waals surface area contributed by atoms with E-state index in [9.17, 15) is 0 Å². The molecule has 1 aromatic carbocycles. The fourth-order valence-electron chi connectivity index (χ4n) is 1.85. The first-order valence-electron chi connectivity index (χ1n) is 6.52. The van der Waals surface area contributed by atoms with Crippen LogP contribution in [0.15, 0.2) is 36.7 Å². The zero-order chi connectivity index (χ0) is 13.7. The van der Waals surface area contributed by atoms with Crippen LogP contribution in [0.1, 0.15) is 37.4 Å². The number of rotatable bonds is 5. The minimum Gasteiger partial charge on any atom is -0.437 e. The van der Waals surface area contributed by atoms with Crippen LogP contribution >= 0.6 is 0 Å². The topological polar surface area (TPSA) is 61.0 Å². The standard InChI is InChI=1S/C15H19N3O/c1-3-11(2)13-6-4-5-7-14(13)19-15-10-17-9-12(8-16)18-15/h4-7,9-11H,3,8,16H2,1-2H3. The van der Waals surface area contributed by atoms with Gasteiger partial charge in [-0.1, -0.05) is 32.0 Å². The smallest absolute Gasteiger partial charge is 0.238 e. The first kappa shape index (κ1) is 13.5. The molecule has 2 rings (SSSR count). The Bertz CT molecular complexity index is 542. The summed E-state index contributed by atoms with van der Waals surface area (Å²) in [5.74, 6) is 1.76. The van der Waals surface area contributed by atoms with Crippen molar-refractivity contribution in [2.45, 2.75) is 32.7 Å². The van der Waals surface area contributed by atoms with Crippen molar-refractivity contribution in [1.82, 2.24) is 9.97 Å². The van der Waals surface area contributed by atoms with Crippen LogP contribution in [0.25, 0.3) is 0 Å². The molecule has 0 saturated heterocycles. The Morgan fingerprint density at radius 2 is 2.05 bits per heavy atom. The lowest BCUT2D eigenvalue weighted by molar-refractivity contribution is 0.447. The fraction of sp³-hybridized carbons (Fsp3) is 0.333. The summed E-state index contributed by atoms with van der Waals surface area (Å²) in [5, 5.41) is 0. The summed E-state index contributed by atoms with van der Waals surface area (Å²) < 4.78 is 5.85. The summed E-state index contributed by atoms with van der Waals surface area (Å²) in [7, 11) is 0. The molecule has 0 aliphatic rings. The number of nitrogens with two attached hydrogens (primary N) is 1. The van der Waals surface area contributed by atoms with Gasteiger partial charge in [-0.15, -0.1) is 0 Å². The average molecular weight is 257 g/mol. The van der Waals surface area contributed by atoms with Crippen molar-refractivity contribution < 1.29 is 4.74 Å². The molecule has 1 heterocycles. The molecule has 100 valence electrons. The Labute approximate surface area is 113 Å². The lowest BCUT2D eigenvalue weighted by Crippen LogP contribution is -2.02. The van der Waals surface area contributed by atoms with Crippen molar-refractivity contribution >= 4 is 0 Å². The van der Waals surface area contributed by atoms with E-state index < -0.39 is 0 Å². The van der Waals surface area contributed by atoms with E-state index in [4.69, 9.17) is 10.5 Å². The van der Waals surface area contributed by atoms with Crippen molar-refractivity contribution in [3.8, 4) is 11.6 Å². The lowest BCUT2D eigenvalue weighted by Gasteiger charge is -2.14. The number of aromatic nitrogens is 2. The number of benzene rings is 1. The van der Waals surface area contributed by atoms with Crippen LogP contribution < -0.4 is 10.5 Å². The Morgan fingerprint density at radius 1 is 1.26 bits per heavy atom. The molecule has 1 aromatic heterocycles. The normalized spacial score (nSPS) is 12.2. The minimum absolute atomic E-state index is 0.358. The average Bonchev–Trinajstić information content (AvgIpc) is 2.47. The summed E-state index contributed by atoms with van der Waals surface area (Å²) in [4.78, 5) is 8.38. The van der Waals surface area contributed by atoms with Crippen LogP contribution in [0.3, 0.4) is 0 Å². The summed E-state index contributed by atoms with van der Waals surface area (Å²) >= 11 is 0. The summed E-state index contributed by atoms with van der Waals surface area (Å²) in [6.07, 6.45) is 4.31. The van der Waals surface area contributed by atoms with Crippen LogP contribution in [-0.4, -0.2) is 9.97 Å². The Kier molecular flexibility index (Phi) is 4.47.